The Kier molecular flexibility index (Phi) is 4.30. The zero-order chi connectivity index (χ0) is 20.9. The molecule has 30 heavy (non-hydrogen) atoms. The molecule has 0 radical (unpaired) electrons. The van der Waals surface area contributed by atoms with Crippen LogP contribution in [0.1, 0.15) is 24.6 Å². The van der Waals surface area contributed by atoms with Crippen molar-refractivity contribution in [1.29, 1.82) is 0 Å². The zero-order valence-corrected chi connectivity index (χ0v) is 17.2. The summed E-state index contributed by atoms with van der Waals surface area (Å²) in [5, 5.41) is 1.06. The van der Waals surface area contributed by atoms with E-state index in [-0.39, 0.29) is 18.4 Å². The van der Waals surface area contributed by atoms with Gasteiger partial charge < -0.3 is 24.1 Å². The first-order valence-electron chi connectivity index (χ1n) is 10.3. The molecule has 2 amide bonds. The Morgan fingerprint density at radius 3 is 2.90 bits per heavy atom. The number of aromatic amines is 1. The summed E-state index contributed by atoms with van der Waals surface area (Å²) in [6.45, 7) is 3.86. The van der Waals surface area contributed by atoms with E-state index in [4.69, 9.17) is 4.74 Å². The van der Waals surface area contributed by atoms with E-state index in [2.05, 4.69) is 9.97 Å². The van der Waals surface area contributed by atoms with Crippen molar-refractivity contribution in [1.82, 2.24) is 24.3 Å². The monoisotopic (exact) mass is 407 g/mol. The number of benzene rings is 1. The number of aromatic nitrogens is 3. The van der Waals surface area contributed by atoms with Crippen LogP contribution in [0.2, 0.25) is 0 Å². The van der Waals surface area contributed by atoms with Crippen molar-refractivity contribution in [2.75, 3.05) is 26.7 Å². The Balaban J connectivity index is 1.48. The molecule has 3 aromatic rings. The highest BCUT2D eigenvalue weighted by atomic mass is 16.5. The second-order valence-electron chi connectivity index (χ2n) is 8.14. The summed E-state index contributed by atoms with van der Waals surface area (Å²) in [4.78, 5) is 37.6. The van der Waals surface area contributed by atoms with Gasteiger partial charge in [-0.15, -0.1) is 0 Å². The van der Waals surface area contributed by atoms with Crippen molar-refractivity contribution >= 4 is 22.7 Å². The molecule has 1 saturated heterocycles. The van der Waals surface area contributed by atoms with Crippen LogP contribution < -0.4 is 4.74 Å². The van der Waals surface area contributed by atoms with Crippen molar-refractivity contribution < 1.29 is 14.3 Å². The number of H-pyrrole nitrogens is 1. The Morgan fingerprint density at radius 1 is 1.27 bits per heavy atom. The molecule has 156 valence electrons. The molecule has 0 saturated carbocycles. The fourth-order valence-electron chi connectivity index (χ4n) is 4.88. The number of carbonyl (C=O) groups is 2. The van der Waals surface area contributed by atoms with Gasteiger partial charge in [-0.05, 0) is 43.5 Å². The lowest BCUT2D eigenvalue weighted by Gasteiger charge is -2.49. The number of amides is 2. The number of rotatable bonds is 5. The van der Waals surface area contributed by atoms with Crippen LogP contribution in [0.4, 0.5) is 0 Å². The number of nitrogens with zero attached hydrogens (tertiary/aromatic N) is 4. The van der Waals surface area contributed by atoms with Gasteiger partial charge in [0.2, 0.25) is 5.91 Å². The molecule has 1 N–H and O–H groups in total. The van der Waals surface area contributed by atoms with Crippen molar-refractivity contribution in [2.24, 2.45) is 0 Å². The number of piperazine rings is 1. The molecule has 5 rings (SSSR count). The number of fused-ring (bicyclic) bond motifs is 5. The number of aryl methyl sites for hydroxylation is 1. The third-order valence-electron chi connectivity index (χ3n) is 6.46. The molecular weight excluding hydrogens is 382 g/mol. The van der Waals surface area contributed by atoms with Gasteiger partial charge >= 0.3 is 0 Å². The minimum Gasteiger partial charge on any atom is -0.497 e. The Labute approximate surface area is 174 Å². The van der Waals surface area contributed by atoms with Gasteiger partial charge in [0.25, 0.3) is 5.91 Å². The molecule has 4 heterocycles. The number of imidazole rings is 1. The Morgan fingerprint density at radius 2 is 2.13 bits per heavy atom. The van der Waals surface area contributed by atoms with Crippen molar-refractivity contribution in [3.63, 3.8) is 0 Å². The molecule has 0 bridgehead atoms. The molecule has 0 unspecified atom stereocenters. The van der Waals surface area contributed by atoms with Gasteiger partial charge in [-0.1, -0.05) is 0 Å². The van der Waals surface area contributed by atoms with E-state index >= 15 is 0 Å². The fourth-order valence-corrected chi connectivity index (χ4v) is 4.88. The number of hydrogen-bond acceptors (Lipinski definition) is 4. The number of methoxy groups -OCH3 is 1. The molecular formula is C22H25N5O3. The average molecular weight is 407 g/mol. The average Bonchev–Trinajstić information content (AvgIpc) is 3.39. The van der Waals surface area contributed by atoms with E-state index in [0.717, 1.165) is 47.3 Å². The normalized spacial score (nSPS) is 21.1. The van der Waals surface area contributed by atoms with Crippen LogP contribution in [0.5, 0.6) is 5.75 Å². The third-order valence-corrected chi connectivity index (χ3v) is 6.46. The molecule has 2 aliphatic heterocycles. The zero-order valence-electron chi connectivity index (χ0n) is 17.2. The number of nitrogens with one attached hydrogen (secondary N) is 1. The SMILES string of the molecule is COc1ccc2[nH]c3c(c2c1)CCN1C(=O)CN(CCCn2ccnc2)C(=O)[C@]31C. The number of hydrogen-bond donors (Lipinski definition) is 1. The topological polar surface area (TPSA) is 83.5 Å². The standard InChI is InChI=1S/C22H25N5O3/c1-22-20-16(17-12-15(30-2)4-5-18(17)24-20)6-10-27(22)19(28)13-26(21(22)29)9-3-8-25-11-7-23-14-25/h4-5,7,11-12,14,24H,3,6,8-10,13H2,1-2H3/t22-/m0/s1. The van der Waals surface area contributed by atoms with E-state index < -0.39 is 5.54 Å². The molecule has 1 atom stereocenters. The van der Waals surface area contributed by atoms with Crippen molar-refractivity contribution in [3.8, 4) is 5.75 Å². The van der Waals surface area contributed by atoms with Crippen molar-refractivity contribution in [3.05, 3.63) is 48.2 Å². The maximum absolute atomic E-state index is 13.7. The summed E-state index contributed by atoms with van der Waals surface area (Å²) in [5.74, 6) is 0.762. The van der Waals surface area contributed by atoms with Crippen LogP contribution in [-0.2, 0) is 28.1 Å². The lowest BCUT2D eigenvalue weighted by Crippen LogP contribution is -2.67. The second kappa shape index (κ2) is 6.90. The highest BCUT2D eigenvalue weighted by molar-refractivity contribution is 6.00. The lowest BCUT2D eigenvalue weighted by atomic mass is 9.83. The van der Waals surface area contributed by atoms with E-state index in [1.807, 2.05) is 35.9 Å². The minimum absolute atomic E-state index is 0.00150. The smallest absolute Gasteiger partial charge is 0.254 e. The van der Waals surface area contributed by atoms with E-state index in [9.17, 15) is 9.59 Å². The first-order chi connectivity index (χ1) is 14.5. The van der Waals surface area contributed by atoms with Crippen molar-refractivity contribution in [2.45, 2.75) is 31.8 Å². The summed E-state index contributed by atoms with van der Waals surface area (Å²) in [7, 11) is 1.65. The molecule has 0 spiro atoms. The molecule has 1 aromatic carbocycles. The Bertz CT molecular complexity index is 1120. The van der Waals surface area contributed by atoms with Gasteiger partial charge in [-0.3, -0.25) is 9.59 Å². The van der Waals surface area contributed by atoms with Gasteiger partial charge in [0.1, 0.15) is 5.75 Å². The van der Waals surface area contributed by atoms with Gasteiger partial charge in [0.05, 0.1) is 25.7 Å². The van der Waals surface area contributed by atoms with Gasteiger partial charge in [-0.2, -0.15) is 0 Å². The Hall–Kier alpha value is -3.29. The largest absolute Gasteiger partial charge is 0.497 e. The van der Waals surface area contributed by atoms with Crippen LogP contribution in [0, 0.1) is 0 Å². The summed E-state index contributed by atoms with van der Waals surface area (Å²) in [5.41, 5.74) is 1.88. The quantitative estimate of drug-likeness (QED) is 0.700. The molecule has 2 aliphatic rings. The summed E-state index contributed by atoms with van der Waals surface area (Å²) in [6, 6.07) is 5.88. The lowest BCUT2D eigenvalue weighted by molar-refractivity contribution is -0.166. The molecule has 8 nitrogen and oxygen atoms in total. The molecule has 8 heteroatoms. The first-order valence-corrected chi connectivity index (χ1v) is 10.3. The predicted octanol–water partition coefficient (Wildman–Crippen LogP) is 1.91. The van der Waals surface area contributed by atoms with Crippen LogP contribution in [-0.4, -0.2) is 62.9 Å². The first kappa shape index (κ1) is 18.7. The summed E-state index contributed by atoms with van der Waals surface area (Å²) in [6.07, 6.45) is 6.89. The fraction of sp³-hybridized carbons (Fsp3) is 0.409. The van der Waals surface area contributed by atoms with Gasteiger partial charge in [0.15, 0.2) is 5.54 Å². The molecule has 0 aliphatic carbocycles. The highest BCUT2D eigenvalue weighted by Crippen LogP contribution is 2.42. The number of carbonyl (C=O) groups excluding carboxylic acids is 2. The van der Waals surface area contributed by atoms with Gasteiger partial charge in [-0.25, -0.2) is 4.98 Å². The van der Waals surface area contributed by atoms with E-state index in [0.29, 0.717) is 13.1 Å². The molecule has 1 fully saturated rings. The maximum Gasteiger partial charge on any atom is 0.254 e. The summed E-state index contributed by atoms with van der Waals surface area (Å²) >= 11 is 0. The van der Waals surface area contributed by atoms with Crippen LogP contribution in [0.25, 0.3) is 10.9 Å². The molecule has 2 aromatic heterocycles. The van der Waals surface area contributed by atoms with E-state index in [1.54, 1.807) is 29.4 Å². The van der Waals surface area contributed by atoms with Crippen LogP contribution >= 0.6 is 0 Å². The second-order valence-corrected chi connectivity index (χ2v) is 8.14. The number of ether oxygens (including phenoxy) is 1. The predicted molar refractivity (Wildman–Crippen MR) is 111 cm³/mol. The highest BCUT2D eigenvalue weighted by Gasteiger charge is 2.53. The third kappa shape index (κ3) is 2.70. The summed E-state index contributed by atoms with van der Waals surface area (Å²) < 4.78 is 7.36. The van der Waals surface area contributed by atoms with Crippen LogP contribution in [0.3, 0.4) is 0 Å². The van der Waals surface area contributed by atoms with Crippen LogP contribution in [0.15, 0.2) is 36.9 Å². The van der Waals surface area contributed by atoms with Gasteiger partial charge in [0, 0.05) is 42.9 Å². The maximum atomic E-state index is 13.7. The van der Waals surface area contributed by atoms with E-state index in [1.165, 1.54) is 0 Å². The minimum atomic E-state index is -1.01.